The molecule has 1 atom stereocenters. The van der Waals surface area contributed by atoms with Crippen molar-refractivity contribution < 1.29 is 13.9 Å². The van der Waals surface area contributed by atoms with E-state index in [1.54, 1.807) is 0 Å². The van der Waals surface area contributed by atoms with Crippen molar-refractivity contribution in [2.24, 2.45) is 0 Å². The van der Waals surface area contributed by atoms with E-state index in [4.69, 9.17) is 9.15 Å². The van der Waals surface area contributed by atoms with Gasteiger partial charge in [0.25, 0.3) is 0 Å². The van der Waals surface area contributed by atoms with E-state index in [9.17, 15) is 4.79 Å². The van der Waals surface area contributed by atoms with Crippen LogP contribution in [0, 0.1) is 6.92 Å². The molecule has 26 heavy (non-hydrogen) atoms. The zero-order valence-corrected chi connectivity index (χ0v) is 15.7. The lowest BCUT2D eigenvalue weighted by atomic mass is 10.2. The smallest absolute Gasteiger partial charge is 0.241 e. The van der Waals surface area contributed by atoms with E-state index in [0.717, 1.165) is 49.2 Å². The Bertz CT molecular complexity index is 720. The van der Waals surface area contributed by atoms with Gasteiger partial charge in [0.05, 0.1) is 25.8 Å². The van der Waals surface area contributed by atoms with Crippen LogP contribution in [0.5, 0.6) is 0 Å². The van der Waals surface area contributed by atoms with Gasteiger partial charge in [0, 0.05) is 24.5 Å². The number of carbonyl (C=O) groups excluding carboxylic acids is 1. The molecular formula is C20H27N3O3. The number of anilines is 2. The Kier molecular flexibility index (Phi) is 5.96. The molecule has 2 aromatic rings. The first-order valence-electron chi connectivity index (χ1n) is 9.02. The largest absolute Gasteiger partial charge is 0.465 e. The van der Waals surface area contributed by atoms with Crippen molar-refractivity contribution in [1.82, 2.24) is 4.90 Å². The Morgan fingerprint density at radius 2 is 1.88 bits per heavy atom. The zero-order valence-electron chi connectivity index (χ0n) is 15.7. The topological polar surface area (TPSA) is 58.0 Å². The molecule has 0 saturated carbocycles. The van der Waals surface area contributed by atoms with Crippen LogP contribution in [0.2, 0.25) is 0 Å². The first kappa shape index (κ1) is 18.5. The number of carbonyl (C=O) groups is 1. The average Bonchev–Trinajstić information content (AvgIpc) is 3.07. The van der Waals surface area contributed by atoms with Crippen LogP contribution >= 0.6 is 0 Å². The highest BCUT2D eigenvalue weighted by Crippen LogP contribution is 2.19. The van der Waals surface area contributed by atoms with Gasteiger partial charge in [-0.2, -0.15) is 0 Å². The molecule has 1 aliphatic rings. The molecule has 0 aliphatic carbocycles. The summed E-state index contributed by atoms with van der Waals surface area (Å²) in [6.45, 7) is 7.74. The lowest BCUT2D eigenvalue weighted by molar-refractivity contribution is -0.120. The van der Waals surface area contributed by atoms with Crippen molar-refractivity contribution in [2.75, 3.05) is 43.6 Å². The van der Waals surface area contributed by atoms with Crippen LogP contribution in [0.25, 0.3) is 0 Å². The van der Waals surface area contributed by atoms with Crippen LogP contribution in [0.3, 0.4) is 0 Å². The highest BCUT2D eigenvalue weighted by Gasteiger charge is 2.19. The van der Waals surface area contributed by atoms with Crippen LogP contribution in [0.4, 0.5) is 11.4 Å². The maximum atomic E-state index is 12.5. The number of nitrogens with zero attached hydrogens (tertiary/aromatic N) is 2. The lowest BCUT2D eigenvalue weighted by Crippen LogP contribution is -2.39. The van der Waals surface area contributed by atoms with E-state index in [0.29, 0.717) is 6.54 Å². The molecular weight excluding hydrogens is 330 g/mol. The Hall–Kier alpha value is -2.31. The van der Waals surface area contributed by atoms with Crippen molar-refractivity contribution in [1.29, 1.82) is 0 Å². The van der Waals surface area contributed by atoms with Crippen LogP contribution in [-0.2, 0) is 16.1 Å². The maximum absolute atomic E-state index is 12.5. The predicted octanol–water partition coefficient (Wildman–Crippen LogP) is 2.88. The third-order valence-corrected chi connectivity index (χ3v) is 4.75. The van der Waals surface area contributed by atoms with Gasteiger partial charge < -0.3 is 19.4 Å². The molecule has 1 saturated heterocycles. The molecule has 0 unspecified atom stereocenters. The fraction of sp³-hybridized carbons (Fsp3) is 0.450. The zero-order chi connectivity index (χ0) is 18.5. The predicted molar refractivity (Wildman–Crippen MR) is 102 cm³/mol. The van der Waals surface area contributed by atoms with Gasteiger partial charge in [0.1, 0.15) is 11.5 Å². The monoisotopic (exact) mass is 357 g/mol. The van der Waals surface area contributed by atoms with E-state index in [2.05, 4.69) is 10.2 Å². The van der Waals surface area contributed by atoms with Gasteiger partial charge in [-0.1, -0.05) is 0 Å². The van der Waals surface area contributed by atoms with Crippen molar-refractivity contribution in [3.63, 3.8) is 0 Å². The Morgan fingerprint density at radius 3 is 2.50 bits per heavy atom. The molecule has 140 valence electrons. The number of nitrogens with one attached hydrogen (secondary N) is 1. The second-order valence-corrected chi connectivity index (χ2v) is 6.74. The van der Waals surface area contributed by atoms with Crippen molar-refractivity contribution in [3.05, 3.63) is 47.9 Å². The molecule has 1 N–H and O–H groups in total. The second kappa shape index (κ2) is 8.38. The summed E-state index contributed by atoms with van der Waals surface area (Å²) in [5, 5.41) is 2.99. The van der Waals surface area contributed by atoms with Gasteiger partial charge in [-0.3, -0.25) is 9.69 Å². The number of furan rings is 1. The molecule has 1 amide bonds. The first-order valence-corrected chi connectivity index (χ1v) is 9.02. The summed E-state index contributed by atoms with van der Waals surface area (Å²) in [5.74, 6) is 1.71. The minimum absolute atomic E-state index is 0.0325. The fourth-order valence-corrected chi connectivity index (χ4v) is 2.98. The van der Waals surface area contributed by atoms with Crippen molar-refractivity contribution >= 4 is 17.3 Å². The van der Waals surface area contributed by atoms with Gasteiger partial charge >= 0.3 is 0 Å². The summed E-state index contributed by atoms with van der Waals surface area (Å²) in [7, 11) is 1.92. The van der Waals surface area contributed by atoms with Gasteiger partial charge in [-0.05, 0) is 57.3 Å². The number of amides is 1. The number of benzene rings is 1. The summed E-state index contributed by atoms with van der Waals surface area (Å²) in [6, 6.07) is 11.6. The average molecular weight is 357 g/mol. The number of hydrogen-bond donors (Lipinski definition) is 1. The molecule has 0 spiro atoms. The highest BCUT2D eigenvalue weighted by molar-refractivity contribution is 5.94. The van der Waals surface area contributed by atoms with Crippen LogP contribution in [0.15, 0.2) is 40.8 Å². The normalized spacial score (nSPS) is 15.9. The Labute approximate surface area is 154 Å². The minimum atomic E-state index is -0.265. The van der Waals surface area contributed by atoms with E-state index in [1.807, 2.05) is 62.2 Å². The summed E-state index contributed by atoms with van der Waals surface area (Å²) < 4.78 is 11.0. The summed E-state index contributed by atoms with van der Waals surface area (Å²) >= 11 is 0. The van der Waals surface area contributed by atoms with Gasteiger partial charge in [-0.15, -0.1) is 0 Å². The third-order valence-electron chi connectivity index (χ3n) is 4.75. The van der Waals surface area contributed by atoms with E-state index < -0.39 is 0 Å². The van der Waals surface area contributed by atoms with Crippen molar-refractivity contribution in [3.8, 4) is 0 Å². The summed E-state index contributed by atoms with van der Waals surface area (Å²) in [6.07, 6.45) is 0. The quantitative estimate of drug-likeness (QED) is 0.861. The fourth-order valence-electron chi connectivity index (χ4n) is 2.98. The minimum Gasteiger partial charge on any atom is -0.465 e. The molecule has 1 aromatic carbocycles. The van der Waals surface area contributed by atoms with Gasteiger partial charge in [0.15, 0.2) is 0 Å². The first-order chi connectivity index (χ1) is 12.5. The maximum Gasteiger partial charge on any atom is 0.241 e. The standard InChI is InChI=1S/C20H27N3O3/c1-15-4-9-19(26-15)14-22(3)16(2)20(24)21-17-5-7-18(8-6-17)23-10-12-25-13-11-23/h4-9,16H,10-14H2,1-3H3,(H,21,24)/t16-/m1/s1. The number of likely N-dealkylation sites (N-methyl/N-ethyl adjacent to an activating group) is 1. The molecule has 3 rings (SSSR count). The third kappa shape index (κ3) is 4.65. The van der Waals surface area contributed by atoms with Crippen LogP contribution in [-0.4, -0.2) is 50.2 Å². The van der Waals surface area contributed by atoms with Gasteiger partial charge in [-0.25, -0.2) is 0 Å². The molecule has 1 aliphatic heterocycles. The second-order valence-electron chi connectivity index (χ2n) is 6.74. The number of rotatable bonds is 6. The molecule has 1 aromatic heterocycles. The van der Waals surface area contributed by atoms with Crippen LogP contribution in [0.1, 0.15) is 18.4 Å². The molecule has 1 fully saturated rings. The number of hydrogen-bond acceptors (Lipinski definition) is 5. The van der Waals surface area contributed by atoms with E-state index in [-0.39, 0.29) is 11.9 Å². The summed E-state index contributed by atoms with van der Waals surface area (Å²) in [5.41, 5.74) is 1.96. The van der Waals surface area contributed by atoms with Crippen molar-refractivity contribution in [2.45, 2.75) is 26.4 Å². The highest BCUT2D eigenvalue weighted by atomic mass is 16.5. The summed E-state index contributed by atoms with van der Waals surface area (Å²) in [4.78, 5) is 16.8. The molecule has 0 bridgehead atoms. The van der Waals surface area contributed by atoms with E-state index >= 15 is 0 Å². The molecule has 6 nitrogen and oxygen atoms in total. The molecule has 0 radical (unpaired) electrons. The van der Waals surface area contributed by atoms with E-state index in [1.165, 1.54) is 0 Å². The lowest BCUT2D eigenvalue weighted by Gasteiger charge is -2.29. The number of morpholine rings is 1. The number of aryl methyl sites for hydroxylation is 1. The van der Waals surface area contributed by atoms with Gasteiger partial charge in [0.2, 0.25) is 5.91 Å². The van der Waals surface area contributed by atoms with Crippen LogP contribution < -0.4 is 10.2 Å². The number of ether oxygens (including phenoxy) is 1. The Balaban J connectivity index is 1.54. The molecule has 6 heteroatoms. The Morgan fingerprint density at radius 1 is 1.19 bits per heavy atom. The SMILES string of the molecule is Cc1ccc(CN(C)[C@H](C)C(=O)Nc2ccc(N3CCOCC3)cc2)o1. The molecule has 2 heterocycles.